The zero-order valence-corrected chi connectivity index (χ0v) is 5.24. The Balaban J connectivity index is 2.52. The van der Waals surface area contributed by atoms with Gasteiger partial charge in [-0.3, -0.25) is 0 Å². The zero-order valence-electron chi connectivity index (χ0n) is 5.24. The summed E-state index contributed by atoms with van der Waals surface area (Å²) in [6.45, 7) is 0.227. The molecule has 3 nitrogen and oxygen atoms in total. The van der Waals surface area contributed by atoms with E-state index in [0.29, 0.717) is 5.88 Å². The van der Waals surface area contributed by atoms with Gasteiger partial charge in [-0.15, -0.1) is 6.42 Å². The van der Waals surface area contributed by atoms with Gasteiger partial charge in [-0.2, -0.15) is 4.98 Å². The molecule has 1 rings (SSSR count). The van der Waals surface area contributed by atoms with Crippen LogP contribution in [0.1, 0.15) is 0 Å². The molecule has 0 N–H and O–H groups in total. The molecule has 0 amide bonds. The van der Waals surface area contributed by atoms with Crippen molar-refractivity contribution in [3.8, 4) is 18.2 Å². The fourth-order valence-electron chi connectivity index (χ4n) is 0.446. The zero-order chi connectivity index (χ0) is 7.23. The molecule has 10 heavy (non-hydrogen) atoms. The number of terminal acetylenes is 1. The highest BCUT2D eigenvalue weighted by atomic mass is 16.5. The topological polar surface area (TPSA) is 35.0 Å². The third kappa shape index (κ3) is 1.75. The van der Waals surface area contributed by atoms with Crippen LogP contribution >= 0.6 is 0 Å². The Bertz CT molecular complexity index is 227. The van der Waals surface area contributed by atoms with Crippen molar-refractivity contribution in [3.63, 3.8) is 0 Å². The highest BCUT2D eigenvalue weighted by Gasteiger charge is 1.88. The maximum absolute atomic E-state index is 4.95. The summed E-state index contributed by atoms with van der Waals surface area (Å²) in [5, 5.41) is 0. The predicted octanol–water partition coefficient (Wildman–Crippen LogP) is 0.289. The summed E-state index contributed by atoms with van der Waals surface area (Å²) in [6, 6.07) is 1.62. The Morgan fingerprint density at radius 3 is 3.30 bits per heavy atom. The largest absolute Gasteiger partial charge is 0.464 e. The van der Waals surface area contributed by atoms with Crippen LogP contribution in [0, 0.1) is 18.7 Å². The molecule has 0 spiro atoms. The number of rotatable bonds is 2. The lowest BCUT2D eigenvalue weighted by Gasteiger charge is -1.96. The Kier molecular flexibility index (Phi) is 2.27. The van der Waals surface area contributed by atoms with Gasteiger partial charge in [0.25, 0.3) is 0 Å². The van der Waals surface area contributed by atoms with Gasteiger partial charge in [0, 0.05) is 12.3 Å². The van der Waals surface area contributed by atoms with Crippen molar-refractivity contribution < 1.29 is 4.74 Å². The van der Waals surface area contributed by atoms with Gasteiger partial charge in [0.2, 0.25) is 12.2 Å². The third-order valence-electron chi connectivity index (χ3n) is 0.813. The third-order valence-corrected chi connectivity index (χ3v) is 0.813. The second-order valence-electron chi connectivity index (χ2n) is 1.49. The van der Waals surface area contributed by atoms with E-state index in [9.17, 15) is 0 Å². The van der Waals surface area contributed by atoms with Gasteiger partial charge < -0.3 is 4.74 Å². The Hall–Kier alpha value is -1.56. The van der Waals surface area contributed by atoms with Crippen LogP contribution in [0.3, 0.4) is 0 Å². The number of nitrogens with zero attached hydrogens (tertiary/aromatic N) is 2. The standard InChI is InChI=1S/C7H5N2O/c1-2-5-10-7-3-4-8-6-9-7/h1,3-4H,5H2. The molecular weight excluding hydrogens is 128 g/mol. The second kappa shape index (κ2) is 3.46. The summed E-state index contributed by atoms with van der Waals surface area (Å²) in [5.41, 5.74) is 0. The summed E-state index contributed by atoms with van der Waals surface area (Å²) in [5.74, 6) is 2.77. The predicted molar refractivity (Wildman–Crippen MR) is 35.2 cm³/mol. The average molecular weight is 133 g/mol. The number of hydrogen-bond acceptors (Lipinski definition) is 3. The minimum absolute atomic E-state index is 0.227. The van der Waals surface area contributed by atoms with Crippen LogP contribution in [0.4, 0.5) is 0 Å². The summed E-state index contributed by atoms with van der Waals surface area (Å²) >= 11 is 0. The molecule has 0 aliphatic heterocycles. The lowest BCUT2D eigenvalue weighted by Crippen LogP contribution is -1.95. The molecule has 0 atom stereocenters. The smallest absolute Gasteiger partial charge is 0.217 e. The minimum Gasteiger partial charge on any atom is -0.464 e. The van der Waals surface area contributed by atoms with Crippen LogP contribution in [0.5, 0.6) is 5.88 Å². The number of ether oxygens (including phenoxy) is 1. The molecule has 0 saturated carbocycles. The fourth-order valence-corrected chi connectivity index (χ4v) is 0.446. The molecule has 1 aromatic heterocycles. The Labute approximate surface area is 59.1 Å². The van der Waals surface area contributed by atoms with Crippen molar-refractivity contribution >= 4 is 0 Å². The lowest BCUT2D eigenvalue weighted by molar-refractivity contribution is 0.354. The van der Waals surface area contributed by atoms with E-state index in [1.165, 1.54) is 0 Å². The van der Waals surface area contributed by atoms with Gasteiger partial charge in [-0.05, 0) is 0 Å². The van der Waals surface area contributed by atoms with Gasteiger partial charge in [0.05, 0.1) is 0 Å². The van der Waals surface area contributed by atoms with Crippen LogP contribution in [-0.4, -0.2) is 16.6 Å². The van der Waals surface area contributed by atoms with Crippen molar-refractivity contribution in [2.75, 3.05) is 6.61 Å². The van der Waals surface area contributed by atoms with Crippen molar-refractivity contribution in [2.45, 2.75) is 0 Å². The molecule has 0 aliphatic carbocycles. The Morgan fingerprint density at radius 2 is 2.70 bits per heavy atom. The van der Waals surface area contributed by atoms with Gasteiger partial charge in [0.1, 0.15) is 0 Å². The van der Waals surface area contributed by atoms with Crippen LogP contribution < -0.4 is 4.74 Å². The molecule has 0 bridgehead atoms. The normalized spacial score (nSPS) is 8.30. The van der Waals surface area contributed by atoms with E-state index in [1.54, 1.807) is 12.3 Å². The van der Waals surface area contributed by atoms with E-state index in [4.69, 9.17) is 11.2 Å². The summed E-state index contributed by atoms with van der Waals surface area (Å²) < 4.78 is 4.94. The monoisotopic (exact) mass is 133 g/mol. The van der Waals surface area contributed by atoms with Crippen LogP contribution in [-0.2, 0) is 0 Å². The summed E-state index contributed by atoms with van der Waals surface area (Å²) in [7, 11) is 0. The van der Waals surface area contributed by atoms with E-state index in [-0.39, 0.29) is 6.61 Å². The van der Waals surface area contributed by atoms with Crippen molar-refractivity contribution in [1.29, 1.82) is 0 Å². The SMILES string of the molecule is C#CCOc1ccn[c]n1. The summed E-state index contributed by atoms with van der Waals surface area (Å²) in [6.07, 6.45) is 8.86. The molecule has 1 heterocycles. The van der Waals surface area contributed by atoms with Crippen LogP contribution in [0.25, 0.3) is 0 Å². The molecule has 0 saturated heterocycles. The second-order valence-corrected chi connectivity index (χ2v) is 1.49. The van der Waals surface area contributed by atoms with Gasteiger partial charge in [-0.25, -0.2) is 4.98 Å². The van der Waals surface area contributed by atoms with Gasteiger partial charge in [0.15, 0.2) is 6.61 Å². The van der Waals surface area contributed by atoms with Crippen LogP contribution in [0.2, 0.25) is 0 Å². The highest BCUT2D eigenvalue weighted by molar-refractivity contribution is 5.05. The van der Waals surface area contributed by atoms with E-state index >= 15 is 0 Å². The molecule has 49 valence electrons. The molecule has 0 unspecified atom stereocenters. The fraction of sp³-hybridized carbons (Fsp3) is 0.143. The first kappa shape index (κ1) is 6.56. The number of hydrogen-bond donors (Lipinski definition) is 0. The number of aromatic nitrogens is 2. The van der Waals surface area contributed by atoms with Crippen molar-refractivity contribution in [3.05, 3.63) is 18.6 Å². The molecule has 1 radical (unpaired) electrons. The average Bonchev–Trinajstić information content (AvgIpc) is 2.03. The maximum Gasteiger partial charge on any atom is 0.217 e. The first-order valence-corrected chi connectivity index (χ1v) is 2.69. The van der Waals surface area contributed by atoms with Crippen molar-refractivity contribution in [1.82, 2.24) is 9.97 Å². The van der Waals surface area contributed by atoms with E-state index < -0.39 is 0 Å². The quantitative estimate of drug-likeness (QED) is 0.544. The first-order valence-electron chi connectivity index (χ1n) is 2.69. The summed E-state index contributed by atoms with van der Waals surface area (Å²) in [4.78, 5) is 7.25. The molecule has 3 heteroatoms. The molecule has 0 aromatic carbocycles. The molecule has 1 aromatic rings. The van der Waals surface area contributed by atoms with Gasteiger partial charge in [-0.1, -0.05) is 5.92 Å². The lowest BCUT2D eigenvalue weighted by atomic mass is 10.6. The van der Waals surface area contributed by atoms with E-state index in [1.807, 2.05) is 0 Å². The molecular formula is C7H5N2O. The van der Waals surface area contributed by atoms with E-state index in [0.717, 1.165) is 0 Å². The Morgan fingerprint density at radius 1 is 1.80 bits per heavy atom. The first-order chi connectivity index (χ1) is 4.93. The minimum atomic E-state index is 0.227. The molecule has 0 fully saturated rings. The van der Waals surface area contributed by atoms with E-state index in [2.05, 4.69) is 22.2 Å². The van der Waals surface area contributed by atoms with Crippen LogP contribution in [0.15, 0.2) is 12.3 Å². The van der Waals surface area contributed by atoms with Gasteiger partial charge >= 0.3 is 0 Å². The van der Waals surface area contributed by atoms with Crippen molar-refractivity contribution in [2.24, 2.45) is 0 Å². The molecule has 0 aliphatic rings. The maximum atomic E-state index is 4.95. The highest BCUT2D eigenvalue weighted by Crippen LogP contribution is 1.99.